The van der Waals surface area contributed by atoms with Crippen LogP contribution in [-0.2, 0) is 0 Å². The van der Waals surface area contributed by atoms with Crippen molar-refractivity contribution in [2.24, 2.45) is 0 Å². The third kappa shape index (κ3) is 3.34. The molecular weight excluding hydrogens is 370 g/mol. The van der Waals surface area contributed by atoms with Crippen LogP contribution in [-0.4, -0.2) is 51.0 Å². The zero-order chi connectivity index (χ0) is 20.4. The molecule has 0 saturated carbocycles. The van der Waals surface area contributed by atoms with Gasteiger partial charge in [0.05, 0.1) is 12.6 Å². The molecule has 3 N–H and O–H groups in total. The van der Waals surface area contributed by atoms with Crippen molar-refractivity contribution >= 4 is 5.91 Å². The van der Waals surface area contributed by atoms with Crippen molar-refractivity contribution in [1.29, 1.82) is 0 Å². The second kappa shape index (κ2) is 7.97. The van der Waals surface area contributed by atoms with Gasteiger partial charge in [0, 0.05) is 24.3 Å². The Morgan fingerprint density at radius 2 is 1.93 bits per heavy atom. The summed E-state index contributed by atoms with van der Waals surface area (Å²) in [6, 6.07) is 14.2. The standard InChI is InChI=1S/C22H23N3O4/c1-2-29-15-10-8-14(9-11-15)21-18-19(16-6-3-4-7-17(16)27)23-24-20(18)22(28)25(21)12-5-13-26/h3-4,6-11,21,26-27H,2,5,12-13H2,1H3,(H,23,24)/t21-/m1/s1. The van der Waals surface area contributed by atoms with Gasteiger partial charge in [-0.3, -0.25) is 9.89 Å². The van der Waals surface area contributed by atoms with E-state index >= 15 is 0 Å². The van der Waals surface area contributed by atoms with Crippen molar-refractivity contribution in [3.05, 3.63) is 65.4 Å². The summed E-state index contributed by atoms with van der Waals surface area (Å²) in [5.74, 6) is 0.700. The third-order valence-corrected chi connectivity index (χ3v) is 5.09. The van der Waals surface area contributed by atoms with Crippen LogP contribution in [0.25, 0.3) is 11.3 Å². The summed E-state index contributed by atoms with van der Waals surface area (Å²) < 4.78 is 5.53. The minimum atomic E-state index is -0.368. The Kier molecular flexibility index (Phi) is 5.22. The number of fused-ring (bicyclic) bond motifs is 1. The highest BCUT2D eigenvalue weighted by molar-refractivity contribution is 6.00. The first-order chi connectivity index (χ1) is 14.2. The number of aromatic amines is 1. The first kappa shape index (κ1) is 19.0. The normalized spacial score (nSPS) is 15.6. The van der Waals surface area contributed by atoms with Gasteiger partial charge in [0.25, 0.3) is 5.91 Å². The number of hydrogen-bond donors (Lipinski definition) is 3. The van der Waals surface area contributed by atoms with Crippen molar-refractivity contribution in [1.82, 2.24) is 15.1 Å². The number of amides is 1. The summed E-state index contributed by atoms with van der Waals surface area (Å²) in [7, 11) is 0. The molecule has 0 radical (unpaired) electrons. The molecule has 1 atom stereocenters. The molecule has 0 saturated heterocycles. The maximum Gasteiger partial charge on any atom is 0.273 e. The van der Waals surface area contributed by atoms with Crippen molar-refractivity contribution in [2.75, 3.05) is 19.8 Å². The van der Waals surface area contributed by atoms with Crippen LogP contribution >= 0.6 is 0 Å². The number of rotatable bonds is 7. The van der Waals surface area contributed by atoms with Crippen molar-refractivity contribution in [2.45, 2.75) is 19.4 Å². The molecule has 3 aromatic rings. The van der Waals surface area contributed by atoms with Crippen LogP contribution < -0.4 is 4.74 Å². The summed E-state index contributed by atoms with van der Waals surface area (Å²) in [6.07, 6.45) is 0.475. The molecule has 1 aromatic heterocycles. The highest BCUT2D eigenvalue weighted by Gasteiger charge is 2.42. The van der Waals surface area contributed by atoms with Crippen molar-refractivity contribution < 1.29 is 19.7 Å². The summed E-state index contributed by atoms with van der Waals surface area (Å²) >= 11 is 0. The minimum absolute atomic E-state index is 0.00169. The SMILES string of the molecule is CCOc1ccc([C@@H]2c3c(-c4ccccc4O)n[nH]c3C(=O)N2CCCO)cc1. The number of aromatic hydroxyl groups is 1. The third-order valence-electron chi connectivity index (χ3n) is 5.09. The smallest absolute Gasteiger partial charge is 0.273 e. The predicted molar refractivity (Wildman–Crippen MR) is 108 cm³/mol. The fraction of sp³-hybridized carbons (Fsp3) is 0.273. The quantitative estimate of drug-likeness (QED) is 0.573. The van der Waals surface area contributed by atoms with Crippen LogP contribution in [0.2, 0.25) is 0 Å². The van der Waals surface area contributed by atoms with E-state index < -0.39 is 0 Å². The van der Waals surface area contributed by atoms with E-state index in [2.05, 4.69) is 10.2 Å². The number of benzene rings is 2. The van der Waals surface area contributed by atoms with Crippen LogP contribution in [0.3, 0.4) is 0 Å². The van der Waals surface area contributed by atoms with E-state index in [1.165, 1.54) is 0 Å². The second-order valence-electron chi connectivity index (χ2n) is 6.86. The Labute approximate surface area is 168 Å². The molecule has 1 amide bonds. The molecule has 0 unspecified atom stereocenters. The van der Waals surface area contributed by atoms with Crippen molar-refractivity contribution in [3.63, 3.8) is 0 Å². The van der Waals surface area contributed by atoms with Crippen LogP contribution in [0.4, 0.5) is 0 Å². The monoisotopic (exact) mass is 393 g/mol. The number of aliphatic hydroxyl groups is 1. The molecule has 0 fully saturated rings. The number of phenolic OH excluding ortho intramolecular Hbond substituents is 1. The van der Waals surface area contributed by atoms with Gasteiger partial charge in [-0.05, 0) is 43.2 Å². The van der Waals surface area contributed by atoms with E-state index in [1.807, 2.05) is 37.3 Å². The first-order valence-electron chi connectivity index (χ1n) is 9.67. The number of para-hydroxylation sites is 1. The van der Waals surface area contributed by atoms with Crippen LogP contribution in [0.15, 0.2) is 48.5 Å². The molecule has 1 aliphatic heterocycles. The van der Waals surface area contributed by atoms with E-state index in [9.17, 15) is 15.0 Å². The number of aliphatic hydroxyl groups excluding tert-OH is 1. The number of nitrogens with one attached hydrogen (secondary N) is 1. The summed E-state index contributed by atoms with van der Waals surface area (Å²) in [5.41, 5.74) is 3.19. The van der Waals surface area contributed by atoms with E-state index in [1.54, 1.807) is 23.1 Å². The molecule has 2 heterocycles. The molecule has 7 nitrogen and oxygen atoms in total. The van der Waals surface area contributed by atoms with Gasteiger partial charge in [0.2, 0.25) is 0 Å². The molecule has 4 rings (SSSR count). The predicted octanol–water partition coefficient (Wildman–Crippen LogP) is 3.11. The van der Waals surface area contributed by atoms with Gasteiger partial charge in [0.15, 0.2) is 0 Å². The molecule has 0 aliphatic carbocycles. The molecule has 150 valence electrons. The largest absolute Gasteiger partial charge is 0.507 e. The van der Waals surface area contributed by atoms with E-state index in [0.717, 1.165) is 16.9 Å². The highest BCUT2D eigenvalue weighted by atomic mass is 16.5. The molecule has 0 spiro atoms. The molecular formula is C22H23N3O4. The number of hydrogen-bond acceptors (Lipinski definition) is 5. The topological polar surface area (TPSA) is 98.7 Å². The van der Waals surface area contributed by atoms with E-state index in [4.69, 9.17) is 4.74 Å². The lowest BCUT2D eigenvalue weighted by Crippen LogP contribution is -2.31. The summed E-state index contributed by atoms with van der Waals surface area (Å²) in [4.78, 5) is 14.8. The number of phenols is 1. The summed E-state index contributed by atoms with van der Waals surface area (Å²) in [6.45, 7) is 2.91. The molecule has 2 aromatic carbocycles. The van der Waals surface area contributed by atoms with Crippen LogP contribution in [0, 0.1) is 0 Å². The Hall–Kier alpha value is -3.32. The number of carbonyl (C=O) groups excluding carboxylic acids is 1. The fourth-order valence-corrected chi connectivity index (χ4v) is 3.81. The molecule has 29 heavy (non-hydrogen) atoms. The van der Waals surface area contributed by atoms with E-state index in [0.29, 0.717) is 36.5 Å². The van der Waals surface area contributed by atoms with Gasteiger partial charge in [-0.25, -0.2) is 0 Å². The first-order valence-corrected chi connectivity index (χ1v) is 9.67. The van der Waals surface area contributed by atoms with Gasteiger partial charge in [-0.1, -0.05) is 24.3 Å². The zero-order valence-electron chi connectivity index (χ0n) is 16.1. The van der Waals surface area contributed by atoms with Gasteiger partial charge < -0.3 is 19.8 Å². The zero-order valence-corrected chi connectivity index (χ0v) is 16.1. The number of nitrogens with zero attached hydrogens (tertiary/aromatic N) is 2. The maximum absolute atomic E-state index is 13.1. The maximum atomic E-state index is 13.1. The Bertz CT molecular complexity index is 1010. The van der Waals surface area contributed by atoms with Gasteiger partial charge in [-0.2, -0.15) is 5.10 Å². The fourth-order valence-electron chi connectivity index (χ4n) is 3.81. The van der Waals surface area contributed by atoms with E-state index in [-0.39, 0.29) is 24.3 Å². The lowest BCUT2D eigenvalue weighted by molar-refractivity contribution is 0.0732. The van der Waals surface area contributed by atoms with Gasteiger partial charge >= 0.3 is 0 Å². The van der Waals surface area contributed by atoms with Crippen molar-refractivity contribution in [3.8, 4) is 22.8 Å². The second-order valence-corrected chi connectivity index (χ2v) is 6.86. The van der Waals surface area contributed by atoms with Gasteiger partial charge in [-0.15, -0.1) is 0 Å². The summed E-state index contributed by atoms with van der Waals surface area (Å²) in [5, 5.41) is 26.8. The number of ether oxygens (including phenoxy) is 1. The average Bonchev–Trinajstić information content (AvgIpc) is 3.27. The van der Waals surface area contributed by atoms with Gasteiger partial charge in [0.1, 0.15) is 22.9 Å². The highest BCUT2D eigenvalue weighted by Crippen LogP contribution is 2.44. The number of aromatic nitrogens is 2. The Balaban J connectivity index is 1.83. The van der Waals surface area contributed by atoms with Crippen LogP contribution in [0.5, 0.6) is 11.5 Å². The molecule has 0 bridgehead atoms. The minimum Gasteiger partial charge on any atom is -0.507 e. The average molecular weight is 393 g/mol. The lowest BCUT2D eigenvalue weighted by Gasteiger charge is -2.26. The number of carbonyl (C=O) groups is 1. The lowest BCUT2D eigenvalue weighted by atomic mass is 9.95. The molecule has 7 heteroatoms. The van der Waals surface area contributed by atoms with Crippen LogP contribution in [0.1, 0.15) is 41.0 Å². The Morgan fingerprint density at radius 3 is 2.62 bits per heavy atom. The Morgan fingerprint density at radius 1 is 1.17 bits per heavy atom. The molecule has 1 aliphatic rings. The number of H-pyrrole nitrogens is 1.